The van der Waals surface area contributed by atoms with E-state index >= 15 is 0 Å². The van der Waals surface area contributed by atoms with Crippen molar-refractivity contribution in [3.05, 3.63) is 49.9 Å². The molecule has 0 saturated heterocycles. The summed E-state index contributed by atoms with van der Waals surface area (Å²) in [7, 11) is 0. The van der Waals surface area contributed by atoms with Crippen molar-refractivity contribution >= 4 is 52.8 Å². The van der Waals surface area contributed by atoms with Gasteiger partial charge in [-0.2, -0.15) is 0 Å². The summed E-state index contributed by atoms with van der Waals surface area (Å²) in [5.74, 6) is 0.892. The summed E-state index contributed by atoms with van der Waals surface area (Å²) in [6.45, 7) is 2.19. The van der Waals surface area contributed by atoms with Gasteiger partial charge >= 0.3 is 0 Å². The molecule has 0 amide bonds. The average Bonchev–Trinajstić information content (AvgIpc) is 2.71. The molecule has 0 atom stereocenters. The number of ether oxygens (including phenoxy) is 2. The van der Waals surface area contributed by atoms with Gasteiger partial charge in [0.25, 0.3) is 5.56 Å². The second kappa shape index (κ2) is 12.7. The lowest BCUT2D eigenvalue weighted by Crippen LogP contribution is -2.23. The van der Waals surface area contributed by atoms with Crippen LogP contribution in [0.25, 0.3) is 0 Å². The number of H-pyrrole nitrogens is 1. The molecule has 1 heterocycles. The number of thioether (sulfide) groups is 1. The second-order valence-electron chi connectivity index (χ2n) is 5.78. The van der Waals surface area contributed by atoms with Crippen molar-refractivity contribution in [1.29, 1.82) is 5.41 Å². The first-order valence-electron chi connectivity index (χ1n) is 8.76. The van der Waals surface area contributed by atoms with Gasteiger partial charge in [0.2, 0.25) is 5.95 Å². The van der Waals surface area contributed by atoms with E-state index in [0.29, 0.717) is 48.9 Å². The third-order valence-electron chi connectivity index (χ3n) is 3.65. The van der Waals surface area contributed by atoms with Gasteiger partial charge in [-0.25, -0.2) is 4.98 Å². The topological polar surface area (TPSA) is 112 Å². The zero-order valence-electron chi connectivity index (χ0n) is 15.9. The van der Waals surface area contributed by atoms with Crippen molar-refractivity contribution in [3.63, 3.8) is 0 Å². The van der Waals surface area contributed by atoms with E-state index in [1.54, 1.807) is 23.9 Å². The number of nitrogens with zero attached hydrogens (tertiary/aromatic N) is 1. The first kappa shape index (κ1) is 23.5. The highest BCUT2D eigenvalue weighted by molar-refractivity contribution is 7.98. The molecule has 0 aliphatic rings. The third-order valence-corrected chi connectivity index (χ3v) is 4.79. The van der Waals surface area contributed by atoms with Gasteiger partial charge in [-0.15, -0.1) is 11.8 Å². The number of hydrogen-bond donors (Lipinski definition) is 4. The fourth-order valence-electron chi connectivity index (χ4n) is 2.30. The van der Waals surface area contributed by atoms with Crippen molar-refractivity contribution in [1.82, 2.24) is 9.97 Å². The Morgan fingerprint density at radius 3 is 2.72 bits per heavy atom. The molecule has 0 fully saturated rings. The predicted molar refractivity (Wildman–Crippen MR) is 120 cm³/mol. The Bertz CT molecular complexity index is 866. The molecular weight excluding hydrogens is 437 g/mol. The maximum absolute atomic E-state index is 12.4. The molecule has 4 N–H and O–H groups in total. The number of rotatable bonds is 13. The van der Waals surface area contributed by atoms with Gasteiger partial charge in [0.05, 0.1) is 35.8 Å². The summed E-state index contributed by atoms with van der Waals surface area (Å²) in [6.07, 6.45) is 2.99. The molecule has 2 rings (SSSR count). The van der Waals surface area contributed by atoms with Crippen LogP contribution in [-0.2, 0) is 16.0 Å². The molecule has 1 aromatic heterocycles. The van der Waals surface area contributed by atoms with Crippen molar-refractivity contribution < 1.29 is 9.47 Å². The normalized spacial score (nSPS) is 10.7. The fraction of sp³-hybridized carbons (Fsp3) is 0.389. The molecule has 8 nitrogen and oxygen atoms in total. The molecule has 0 bridgehead atoms. The molecule has 0 spiro atoms. The van der Waals surface area contributed by atoms with Crippen LogP contribution in [0.1, 0.15) is 11.3 Å². The Kier molecular flexibility index (Phi) is 10.3. The van der Waals surface area contributed by atoms with Crippen LogP contribution in [0.2, 0.25) is 10.0 Å². The lowest BCUT2D eigenvalue weighted by Gasteiger charge is -2.11. The number of aromatic amines is 1. The van der Waals surface area contributed by atoms with E-state index in [-0.39, 0.29) is 22.9 Å². The average molecular weight is 460 g/mol. The van der Waals surface area contributed by atoms with Gasteiger partial charge < -0.3 is 25.5 Å². The minimum absolute atomic E-state index is 0.224. The maximum Gasteiger partial charge on any atom is 0.276 e. The van der Waals surface area contributed by atoms with E-state index in [4.69, 9.17) is 38.1 Å². The van der Waals surface area contributed by atoms with Crippen LogP contribution in [0.5, 0.6) is 0 Å². The van der Waals surface area contributed by atoms with E-state index in [1.807, 2.05) is 12.3 Å². The van der Waals surface area contributed by atoms with Crippen molar-refractivity contribution in [2.75, 3.05) is 49.2 Å². The number of aromatic nitrogens is 2. The van der Waals surface area contributed by atoms with Gasteiger partial charge in [0.15, 0.2) is 0 Å². The van der Waals surface area contributed by atoms with Crippen molar-refractivity contribution in [2.45, 2.75) is 6.54 Å². The summed E-state index contributed by atoms with van der Waals surface area (Å²) < 4.78 is 10.7. The lowest BCUT2D eigenvalue weighted by molar-refractivity contribution is 0.0705. The Morgan fingerprint density at radius 2 is 2.00 bits per heavy atom. The Hall–Kier alpha value is -1.78. The highest BCUT2D eigenvalue weighted by Crippen LogP contribution is 2.22. The first-order valence-corrected chi connectivity index (χ1v) is 10.9. The number of benzene rings is 1. The van der Waals surface area contributed by atoms with E-state index in [1.165, 1.54) is 0 Å². The minimum atomic E-state index is -0.376. The number of hydrogen-bond acceptors (Lipinski definition) is 8. The van der Waals surface area contributed by atoms with Gasteiger partial charge in [-0.05, 0) is 24.0 Å². The van der Waals surface area contributed by atoms with Crippen molar-refractivity contribution in [3.8, 4) is 0 Å². The molecule has 0 radical (unpaired) electrons. The summed E-state index contributed by atoms with van der Waals surface area (Å²) >= 11 is 13.5. The fourth-order valence-corrected chi connectivity index (χ4v) is 2.90. The molecule has 0 saturated carbocycles. The highest BCUT2D eigenvalue weighted by atomic mass is 35.5. The van der Waals surface area contributed by atoms with E-state index in [0.717, 1.165) is 11.8 Å². The monoisotopic (exact) mass is 459 g/mol. The van der Waals surface area contributed by atoms with E-state index in [2.05, 4.69) is 20.6 Å². The van der Waals surface area contributed by atoms with E-state index < -0.39 is 0 Å². The second-order valence-corrected chi connectivity index (χ2v) is 7.40. The minimum Gasteiger partial charge on any atom is -0.377 e. The van der Waals surface area contributed by atoms with Gasteiger partial charge in [0, 0.05) is 19.3 Å². The molecular formula is C18H23Cl2N5O3S. The summed E-state index contributed by atoms with van der Waals surface area (Å²) in [5, 5.41) is 14.4. The third kappa shape index (κ3) is 7.87. The molecule has 0 unspecified atom stereocenters. The first-order chi connectivity index (χ1) is 14.0. The number of nitrogens with one attached hydrogen (secondary N) is 4. The largest absolute Gasteiger partial charge is 0.377 e. The maximum atomic E-state index is 12.4. The summed E-state index contributed by atoms with van der Waals surface area (Å²) in [4.78, 5) is 19.3. The van der Waals surface area contributed by atoms with Crippen LogP contribution in [0.3, 0.4) is 0 Å². The smallest absolute Gasteiger partial charge is 0.276 e. The zero-order valence-corrected chi connectivity index (χ0v) is 18.2. The Balaban J connectivity index is 1.88. The zero-order chi connectivity index (χ0) is 21.1. The predicted octanol–water partition coefficient (Wildman–Crippen LogP) is 3.45. The molecule has 2 aromatic rings. The molecule has 0 aliphatic carbocycles. The Morgan fingerprint density at radius 1 is 1.21 bits per heavy atom. The van der Waals surface area contributed by atoms with Crippen LogP contribution in [0.15, 0.2) is 23.0 Å². The van der Waals surface area contributed by atoms with Gasteiger partial charge in [-0.1, -0.05) is 29.3 Å². The van der Waals surface area contributed by atoms with Crippen LogP contribution in [0, 0.1) is 5.41 Å². The quantitative estimate of drug-likeness (QED) is 0.206. The van der Waals surface area contributed by atoms with Crippen LogP contribution in [-0.4, -0.2) is 54.7 Å². The standard InChI is InChI=1S/C18H23Cl2N5O3S/c1-29-11-28-7-6-27-5-4-22-16-15(9-21)24-18(25-17(16)26)23-10-12-2-3-13(19)14(20)8-12/h2-3,8-9,21-22H,4-7,10-11H2,1H3,(H2,23,24,25,26). The molecule has 1 aromatic carbocycles. The van der Waals surface area contributed by atoms with Crippen LogP contribution < -0.4 is 16.2 Å². The summed E-state index contributed by atoms with van der Waals surface area (Å²) in [6, 6.07) is 5.25. The highest BCUT2D eigenvalue weighted by Gasteiger charge is 2.10. The molecule has 11 heteroatoms. The van der Waals surface area contributed by atoms with Crippen molar-refractivity contribution in [2.24, 2.45) is 0 Å². The Labute approximate surface area is 183 Å². The number of halogens is 2. The van der Waals surface area contributed by atoms with Crippen LogP contribution >= 0.6 is 35.0 Å². The van der Waals surface area contributed by atoms with Gasteiger partial charge in [0.1, 0.15) is 11.4 Å². The molecule has 29 heavy (non-hydrogen) atoms. The number of anilines is 2. The molecule has 0 aliphatic heterocycles. The van der Waals surface area contributed by atoms with Crippen LogP contribution in [0.4, 0.5) is 11.6 Å². The summed E-state index contributed by atoms with van der Waals surface area (Å²) in [5.41, 5.74) is 0.953. The lowest BCUT2D eigenvalue weighted by atomic mass is 10.2. The van der Waals surface area contributed by atoms with E-state index in [9.17, 15) is 4.79 Å². The van der Waals surface area contributed by atoms with Gasteiger partial charge in [-0.3, -0.25) is 9.78 Å². The molecule has 158 valence electrons. The SMILES string of the molecule is CSCOCCOCCNc1c(C=N)nc(NCc2ccc(Cl)c(Cl)c2)[nH]c1=O.